The fourth-order valence-electron chi connectivity index (χ4n) is 3.58. The standard InChI is InChI=1S/C20H30ClN3O3.ClH/c1-4-12(2)10-24-7-5-14(6-8-24)23-20(25)15-9-16(21)17(22)19-18(15)26-11-13(3)27-19;/h9,12-14H,4-8,10-11,22H2,1-3H3,(H,23,25);1H. The fraction of sp³-hybridized carbons (Fsp3) is 0.650. The van der Waals surface area contributed by atoms with Gasteiger partial charge in [0.1, 0.15) is 12.7 Å². The number of rotatable bonds is 5. The van der Waals surface area contributed by atoms with Crippen LogP contribution < -0.4 is 20.5 Å². The van der Waals surface area contributed by atoms with Gasteiger partial charge in [-0.25, -0.2) is 0 Å². The minimum atomic E-state index is -0.188. The molecule has 2 aliphatic rings. The second-order valence-corrected chi connectivity index (χ2v) is 8.19. The number of nitrogens with one attached hydrogen (secondary N) is 1. The Balaban J connectivity index is 0.00000280. The number of amides is 1. The largest absolute Gasteiger partial charge is 0.485 e. The summed E-state index contributed by atoms with van der Waals surface area (Å²) in [5.74, 6) is 1.28. The molecule has 2 heterocycles. The number of carbonyl (C=O) groups is 1. The van der Waals surface area contributed by atoms with E-state index in [2.05, 4.69) is 24.1 Å². The van der Waals surface area contributed by atoms with Crippen LogP contribution in [-0.4, -0.2) is 49.2 Å². The summed E-state index contributed by atoms with van der Waals surface area (Å²) in [6.07, 6.45) is 2.95. The number of benzene rings is 1. The second-order valence-electron chi connectivity index (χ2n) is 7.78. The molecule has 0 aliphatic carbocycles. The van der Waals surface area contributed by atoms with E-state index in [0.29, 0.717) is 40.3 Å². The number of ether oxygens (including phenoxy) is 2. The number of likely N-dealkylation sites (tertiary alicyclic amines) is 1. The first-order valence-electron chi connectivity index (χ1n) is 9.83. The van der Waals surface area contributed by atoms with E-state index in [1.54, 1.807) is 6.07 Å². The lowest BCUT2D eigenvalue weighted by atomic mass is 10.0. The molecular formula is C20H31Cl2N3O3. The molecule has 0 radical (unpaired) electrons. The Morgan fingerprint density at radius 1 is 1.39 bits per heavy atom. The first-order chi connectivity index (χ1) is 12.9. The Morgan fingerprint density at radius 3 is 2.71 bits per heavy atom. The normalized spacial score (nSPS) is 20.9. The zero-order chi connectivity index (χ0) is 19.6. The lowest BCUT2D eigenvalue weighted by molar-refractivity contribution is 0.0865. The molecule has 28 heavy (non-hydrogen) atoms. The average Bonchev–Trinajstić information content (AvgIpc) is 2.66. The van der Waals surface area contributed by atoms with Crippen LogP contribution in [0.3, 0.4) is 0 Å². The molecule has 2 atom stereocenters. The molecule has 1 aromatic carbocycles. The van der Waals surface area contributed by atoms with E-state index in [4.69, 9.17) is 26.8 Å². The van der Waals surface area contributed by atoms with Gasteiger partial charge in [-0.3, -0.25) is 4.79 Å². The van der Waals surface area contributed by atoms with E-state index in [1.165, 1.54) is 6.42 Å². The maximum absolute atomic E-state index is 12.9. The number of halogens is 2. The van der Waals surface area contributed by atoms with Crippen LogP contribution in [-0.2, 0) is 0 Å². The molecule has 2 aliphatic heterocycles. The molecule has 2 unspecified atom stereocenters. The second kappa shape index (κ2) is 9.90. The quantitative estimate of drug-likeness (QED) is 0.694. The number of hydrogen-bond acceptors (Lipinski definition) is 5. The number of nitrogen functional groups attached to an aromatic ring is 1. The highest BCUT2D eigenvalue weighted by Crippen LogP contribution is 2.44. The van der Waals surface area contributed by atoms with Gasteiger partial charge in [-0.2, -0.15) is 0 Å². The van der Waals surface area contributed by atoms with E-state index in [9.17, 15) is 4.79 Å². The van der Waals surface area contributed by atoms with Crippen LogP contribution in [0.1, 0.15) is 50.4 Å². The monoisotopic (exact) mass is 431 g/mol. The summed E-state index contributed by atoms with van der Waals surface area (Å²) in [6.45, 7) is 9.91. The van der Waals surface area contributed by atoms with Crippen molar-refractivity contribution in [2.45, 2.75) is 52.2 Å². The predicted octanol–water partition coefficient (Wildman–Crippen LogP) is 3.74. The molecule has 6 nitrogen and oxygen atoms in total. The summed E-state index contributed by atoms with van der Waals surface area (Å²) in [5, 5.41) is 3.44. The van der Waals surface area contributed by atoms with Gasteiger partial charge in [0.2, 0.25) is 0 Å². The molecule has 3 N–H and O–H groups in total. The molecule has 158 valence electrons. The van der Waals surface area contributed by atoms with Crippen molar-refractivity contribution in [3.63, 3.8) is 0 Å². The topological polar surface area (TPSA) is 76.8 Å². The van der Waals surface area contributed by atoms with Crippen molar-refractivity contribution in [2.75, 3.05) is 32.0 Å². The minimum absolute atomic E-state index is 0. The average molecular weight is 432 g/mol. The van der Waals surface area contributed by atoms with Crippen LogP contribution in [0.25, 0.3) is 0 Å². The maximum Gasteiger partial charge on any atom is 0.255 e. The lowest BCUT2D eigenvalue weighted by Crippen LogP contribution is -2.45. The van der Waals surface area contributed by atoms with E-state index in [-0.39, 0.29) is 30.5 Å². The van der Waals surface area contributed by atoms with Crippen molar-refractivity contribution in [3.05, 3.63) is 16.7 Å². The molecule has 3 rings (SSSR count). The molecule has 0 aromatic heterocycles. The number of piperidine rings is 1. The van der Waals surface area contributed by atoms with Gasteiger partial charge in [0, 0.05) is 25.7 Å². The summed E-state index contributed by atoms with van der Waals surface area (Å²) >= 11 is 6.22. The molecule has 1 aromatic rings. The molecular weight excluding hydrogens is 401 g/mol. The first-order valence-corrected chi connectivity index (χ1v) is 10.2. The van der Waals surface area contributed by atoms with Gasteiger partial charge in [-0.05, 0) is 31.7 Å². The van der Waals surface area contributed by atoms with Crippen molar-refractivity contribution in [1.82, 2.24) is 10.2 Å². The SMILES string of the molecule is CCC(C)CN1CCC(NC(=O)c2cc(Cl)c(N)c3c2OCC(C)O3)CC1.Cl. The van der Waals surface area contributed by atoms with Crippen LogP contribution in [0, 0.1) is 5.92 Å². The predicted molar refractivity (Wildman–Crippen MR) is 115 cm³/mol. The number of nitrogens with zero attached hydrogens (tertiary/aromatic N) is 1. The summed E-state index contributed by atoms with van der Waals surface area (Å²) in [7, 11) is 0. The van der Waals surface area contributed by atoms with Crippen molar-refractivity contribution in [1.29, 1.82) is 0 Å². The molecule has 0 bridgehead atoms. The Kier molecular flexibility index (Phi) is 8.10. The Bertz CT molecular complexity index is 694. The summed E-state index contributed by atoms with van der Waals surface area (Å²) in [5.41, 5.74) is 6.71. The number of anilines is 1. The van der Waals surface area contributed by atoms with Crippen molar-refractivity contribution >= 4 is 35.6 Å². The first kappa shape index (κ1) is 22.9. The summed E-state index contributed by atoms with van der Waals surface area (Å²) < 4.78 is 11.5. The van der Waals surface area contributed by atoms with Gasteiger partial charge >= 0.3 is 0 Å². The zero-order valence-electron chi connectivity index (χ0n) is 16.8. The highest BCUT2D eigenvalue weighted by atomic mass is 35.5. The third-order valence-corrected chi connectivity index (χ3v) is 5.75. The molecule has 0 saturated carbocycles. The van der Waals surface area contributed by atoms with Crippen molar-refractivity contribution < 1.29 is 14.3 Å². The highest BCUT2D eigenvalue weighted by molar-refractivity contribution is 6.34. The van der Waals surface area contributed by atoms with Crippen LogP contribution in [0.4, 0.5) is 5.69 Å². The van der Waals surface area contributed by atoms with Gasteiger partial charge in [-0.15, -0.1) is 12.4 Å². The smallest absolute Gasteiger partial charge is 0.255 e. The number of nitrogens with two attached hydrogens (primary N) is 1. The van der Waals surface area contributed by atoms with E-state index >= 15 is 0 Å². The zero-order valence-corrected chi connectivity index (χ0v) is 18.4. The summed E-state index contributed by atoms with van der Waals surface area (Å²) in [6, 6.07) is 1.73. The Morgan fingerprint density at radius 2 is 2.07 bits per heavy atom. The number of fused-ring (bicyclic) bond motifs is 1. The lowest BCUT2D eigenvalue weighted by Gasteiger charge is -2.34. The molecule has 8 heteroatoms. The van der Waals surface area contributed by atoms with Crippen molar-refractivity contribution in [3.8, 4) is 11.5 Å². The minimum Gasteiger partial charge on any atom is -0.485 e. The fourth-order valence-corrected chi connectivity index (χ4v) is 3.78. The van der Waals surface area contributed by atoms with Gasteiger partial charge < -0.3 is 25.4 Å². The van der Waals surface area contributed by atoms with Crippen LogP contribution >= 0.6 is 24.0 Å². The Labute approximate surface area is 178 Å². The number of hydrogen-bond donors (Lipinski definition) is 2. The molecule has 1 fully saturated rings. The molecule has 1 saturated heterocycles. The van der Waals surface area contributed by atoms with Gasteiger partial charge in [0.05, 0.1) is 16.3 Å². The number of carbonyl (C=O) groups excluding carboxylic acids is 1. The molecule has 1 amide bonds. The third kappa shape index (κ3) is 5.16. The van der Waals surface area contributed by atoms with Crippen LogP contribution in [0.2, 0.25) is 5.02 Å². The van der Waals surface area contributed by atoms with Gasteiger partial charge in [0.25, 0.3) is 5.91 Å². The highest BCUT2D eigenvalue weighted by Gasteiger charge is 2.29. The summed E-state index contributed by atoms with van der Waals surface area (Å²) in [4.78, 5) is 15.4. The van der Waals surface area contributed by atoms with E-state index < -0.39 is 0 Å². The van der Waals surface area contributed by atoms with Gasteiger partial charge in [0.15, 0.2) is 11.5 Å². The van der Waals surface area contributed by atoms with E-state index in [1.807, 2.05) is 6.92 Å². The Hall–Kier alpha value is -1.37. The van der Waals surface area contributed by atoms with E-state index in [0.717, 1.165) is 32.5 Å². The molecule has 0 spiro atoms. The van der Waals surface area contributed by atoms with Crippen LogP contribution in [0.5, 0.6) is 11.5 Å². The maximum atomic E-state index is 12.9. The van der Waals surface area contributed by atoms with Gasteiger partial charge in [-0.1, -0.05) is 31.9 Å². The van der Waals surface area contributed by atoms with Crippen LogP contribution in [0.15, 0.2) is 6.07 Å². The van der Waals surface area contributed by atoms with Crippen molar-refractivity contribution in [2.24, 2.45) is 5.92 Å². The third-order valence-electron chi connectivity index (χ3n) is 5.44.